The van der Waals surface area contributed by atoms with Gasteiger partial charge in [0.05, 0.1) is 10.9 Å². The molecule has 15 heavy (non-hydrogen) atoms. The maximum Gasteiger partial charge on any atom is 0.203 e. The molecule has 0 aliphatic rings. The van der Waals surface area contributed by atoms with E-state index in [0.29, 0.717) is 22.3 Å². The quantitative estimate of drug-likeness (QED) is 0.697. The zero-order valence-corrected chi connectivity index (χ0v) is 8.67. The van der Waals surface area contributed by atoms with E-state index in [1.165, 1.54) is 0 Å². The highest BCUT2D eigenvalue weighted by Gasteiger charge is 2.08. The van der Waals surface area contributed by atoms with E-state index in [4.69, 9.17) is 16.0 Å². The number of hydrogen-bond donors (Lipinski definition) is 0. The van der Waals surface area contributed by atoms with Crippen LogP contribution in [0.3, 0.4) is 0 Å². The third kappa shape index (κ3) is 1.55. The van der Waals surface area contributed by atoms with Crippen LogP contribution in [0.4, 0.5) is 0 Å². The number of aryl methyl sites for hydroxylation is 1. The van der Waals surface area contributed by atoms with Crippen molar-refractivity contribution in [1.29, 1.82) is 0 Å². The minimum Gasteiger partial charge on any atom is -0.463 e. The number of carbonyl (C=O) groups is 1. The van der Waals surface area contributed by atoms with Crippen molar-refractivity contribution in [3.63, 3.8) is 0 Å². The number of carbonyl (C=O) groups excluding carboxylic acids is 1. The lowest BCUT2D eigenvalue weighted by Gasteiger charge is -2.01. The fourth-order valence-electron chi connectivity index (χ4n) is 1.36. The van der Waals surface area contributed by atoms with Crippen LogP contribution >= 0.6 is 11.6 Å². The summed E-state index contributed by atoms with van der Waals surface area (Å²) in [7, 11) is 0. The SMILES string of the molecule is Cc1cc2c(=O)c(C=O)coc2cc1Cl. The largest absolute Gasteiger partial charge is 0.463 e. The van der Waals surface area contributed by atoms with E-state index in [0.717, 1.165) is 11.8 Å². The molecule has 3 nitrogen and oxygen atoms in total. The summed E-state index contributed by atoms with van der Waals surface area (Å²) in [6.45, 7) is 1.79. The van der Waals surface area contributed by atoms with Crippen molar-refractivity contribution in [2.45, 2.75) is 6.92 Å². The topological polar surface area (TPSA) is 47.3 Å². The van der Waals surface area contributed by atoms with Crippen LogP contribution in [-0.4, -0.2) is 6.29 Å². The molecule has 0 spiro atoms. The predicted octanol–water partition coefficient (Wildman–Crippen LogP) is 2.57. The van der Waals surface area contributed by atoms with Gasteiger partial charge >= 0.3 is 0 Å². The van der Waals surface area contributed by atoms with Crippen molar-refractivity contribution in [2.24, 2.45) is 0 Å². The van der Waals surface area contributed by atoms with Gasteiger partial charge in [-0.25, -0.2) is 0 Å². The monoisotopic (exact) mass is 222 g/mol. The number of aldehydes is 1. The maximum atomic E-state index is 11.7. The van der Waals surface area contributed by atoms with Crippen LogP contribution in [0.1, 0.15) is 15.9 Å². The van der Waals surface area contributed by atoms with Crippen LogP contribution in [0.25, 0.3) is 11.0 Å². The van der Waals surface area contributed by atoms with Crippen molar-refractivity contribution in [1.82, 2.24) is 0 Å². The van der Waals surface area contributed by atoms with Crippen molar-refractivity contribution >= 4 is 28.9 Å². The average Bonchev–Trinajstić information content (AvgIpc) is 2.22. The summed E-state index contributed by atoms with van der Waals surface area (Å²) < 4.78 is 5.13. The molecule has 0 radical (unpaired) electrons. The van der Waals surface area contributed by atoms with Gasteiger partial charge in [-0.2, -0.15) is 0 Å². The molecule has 0 unspecified atom stereocenters. The lowest BCUT2D eigenvalue weighted by molar-refractivity contribution is 0.112. The first-order valence-electron chi connectivity index (χ1n) is 4.30. The van der Waals surface area contributed by atoms with Crippen LogP contribution in [0.2, 0.25) is 5.02 Å². The summed E-state index contributed by atoms with van der Waals surface area (Å²) >= 11 is 5.88. The second-order valence-electron chi connectivity index (χ2n) is 3.24. The van der Waals surface area contributed by atoms with Gasteiger partial charge in [0, 0.05) is 11.1 Å². The Morgan fingerprint density at radius 1 is 1.40 bits per heavy atom. The van der Waals surface area contributed by atoms with Gasteiger partial charge in [0.1, 0.15) is 11.8 Å². The van der Waals surface area contributed by atoms with E-state index < -0.39 is 0 Å². The molecule has 0 N–H and O–H groups in total. The van der Waals surface area contributed by atoms with Gasteiger partial charge in [0.25, 0.3) is 0 Å². The Labute approximate surface area is 90.3 Å². The number of fused-ring (bicyclic) bond motifs is 1. The minimum atomic E-state index is -0.328. The van der Waals surface area contributed by atoms with Crippen molar-refractivity contribution in [3.8, 4) is 0 Å². The summed E-state index contributed by atoms with van der Waals surface area (Å²) in [6, 6.07) is 3.19. The molecule has 0 aliphatic carbocycles. The van der Waals surface area contributed by atoms with Crippen LogP contribution in [0, 0.1) is 6.92 Å². The molecule has 1 aromatic heterocycles. The molecule has 2 aromatic rings. The molecule has 1 aromatic carbocycles. The normalized spacial score (nSPS) is 10.5. The number of hydrogen-bond acceptors (Lipinski definition) is 3. The molecule has 0 aliphatic heterocycles. The highest BCUT2D eigenvalue weighted by molar-refractivity contribution is 6.32. The predicted molar refractivity (Wildman–Crippen MR) is 57.6 cm³/mol. The smallest absolute Gasteiger partial charge is 0.203 e. The molecule has 0 bridgehead atoms. The highest BCUT2D eigenvalue weighted by atomic mass is 35.5. The second kappa shape index (κ2) is 3.51. The zero-order valence-electron chi connectivity index (χ0n) is 7.91. The van der Waals surface area contributed by atoms with Crippen LogP contribution in [0.5, 0.6) is 0 Å². The molecule has 0 atom stereocenters. The first-order valence-corrected chi connectivity index (χ1v) is 4.68. The number of benzene rings is 1. The van der Waals surface area contributed by atoms with E-state index in [2.05, 4.69) is 0 Å². The summed E-state index contributed by atoms with van der Waals surface area (Å²) in [5.41, 5.74) is 0.857. The summed E-state index contributed by atoms with van der Waals surface area (Å²) in [5, 5.41) is 0.908. The molecule has 0 fully saturated rings. The zero-order chi connectivity index (χ0) is 11.0. The molecular weight excluding hydrogens is 216 g/mol. The Balaban J connectivity index is 2.94. The van der Waals surface area contributed by atoms with Gasteiger partial charge in [-0.05, 0) is 18.6 Å². The molecule has 76 valence electrons. The van der Waals surface area contributed by atoms with Crippen LogP contribution in [0.15, 0.2) is 27.6 Å². The Kier molecular flexibility index (Phi) is 2.32. The Morgan fingerprint density at radius 3 is 2.80 bits per heavy atom. The van der Waals surface area contributed by atoms with E-state index >= 15 is 0 Å². The Morgan fingerprint density at radius 2 is 2.13 bits per heavy atom. The second-order valence-corrected chi connectivity index (χ2v) is 3.64. The van der Waals surface area contributed by atoms with Gasteiger partial charge in [-0.15, -0.1) is 0 Å². The summed E-state index contributed by atoms with van der Waals surface area (Å²) in [6.07, 6.45) is 1.62. The van der Waals surface area contributed by atoms with Crippen molar-refractivity contribution < 1.29 is 9.21 Å². The standard InChI is InChI=1S/C11H7ClO3/c1-6-2-8-10(3-9(6)12)15-5-7(4-13)11(8)14/h2-5H,1H3. The molecule has 4 heteroatoms. The van der Waals surface area contributed by atoms with Gasteiger partial charge in [0.2, 0.25) is 5.43 Å². The minimum absolute atomic E-state index is 0.0178. The Bertz CT molecular complexity index is 599. The third-order valence-corrected chi connectivity index (χ3v) is 2.61. The first kappa shape index (κ1) is 9.93. The van der Waals surface area contributed by atoms with Crippen LogP contribution < -0.4 is 5.43 Å². The lowest BCUT2D eigenvalue weighted by Crippen LogP contribution is -2.07. The molecular formula is C11H7ClO3. The van der Waals surface area contributed by atoms with Crippen molar-refractivity contribution in [2.75, 3.05) is 0 Å². The van der Waals surface area contributed by atoms with E-state index in [-0.39, 0.29) is 11.0 Å². The molecule has 0 saturated carbocycles. The summed E-state index contributed by atoms with van der Waals surface area (Å²) in [4.78, 5) is 22.2. The van der Waals surface area contributed by atoms with E-state index in [9.17, 15) is 9.59 Å². The summed E-state index contributed by atoms with van der Waals surface area (Å²) in [5.74, 6) is 0. The third-order valence-electron chi connectivity index (χ3n) is 2.21. The van der Waals surface area contributed by atoms with E-state index in [1.807, 2.05) is 0 Å². The number of halogens is 1. The van der Waals surface area contributed by atoms with Crippen LogP contribution in [-0.2, 0) is 0 Å². The fourth-order valence-corrected chi connectivity index (χ4v) is 1.51. The molecule has 0 amide bonds. The molecule has 1 heterocycles. The van der Waals surface area contributed by atoms with Gasteiger partial charge in [0.15, 0.2) is 6.29 Å². The number of rotatable bonds is 1. The van der Waals surface area contributed by atoms with Gasteiger partial charge in [-0.3, -0.25) is 9.59 Å². The molecule has 2 rings (SSSR count). The highest BCUT2D eigenvalue weighted by Crippen LogP contribution is 2.21. The van der Waals surface area contributed by atoms with Gasteiger partial charge in [-0.1, -0.05) is 11.6 Å². The average molecular weight is 223 g/mol. The Hall–Kier alpha value is -1.61. The first-order chi connectivity index (χ1) is 7.13. The molecule has 0 saturated heterocycles. The van der Waals surface area contributed by atoms with Gasteiger partial charge < -0.3 is 4.42 Å². The van der Waals surface area contributed by atoms with E-state index in [1.54, 1.807) is 19.1 Å². The lowest BCUT2D eigenvalue weighted by atomic mass is 10.1. The fraction of sp³-hybridized carbons (Fsp3) is 0.0909. The van der Waals surface area contributed by atoms with Crippen molar-refractivity contribution in [3.05, 3.63) is 44.8 Å². The maximum absolute atomic E-state index is 11.7.